The predicted octanol–water partition coefficient (Wildman–Crippen LogP) is 10.8. The Morgan fingerprint density at radius 2 is 1.04 bits per heavy atom. The molecule has 0 heterocycles. The monoisotopic (exact) mass is 731 g/mol. The molecular formula is C40H77NO8P+. The molecule has 0 amide bonds. The minimum absolute atomic E-state index is 0.0302. The van der Waals surface area contributed by atoms with Crippen LogP contribution >= 0.6 is 7.82 Å². The Morgan fingerprint density at radius 3 is 1.54 bits per heavy atom. The number of phosphoric acid groups is 1. The largest absolute Gasteiger partial charge is 0.472 e. The van der Waals surface area contributed by atoms with Gasteiger partial charge in [0.05, 0.1) is 27.7 Å². The number of carbonyl (C=O) groups excluding carboxylic acids is 2. The highest BCUT2D eigenvalue weighted by Gasteiger charge is 2.27. The van der Waals surface area contributed by atoms with E-state index in [1.54, 1.807) is 0 Å². The van der Waals surface area contributed by atoms with Crippen molar-refractivity contribution >= 4 is 19.8 Å². The normalized spacial score (nSPS) is 14.0. The first kappa shape index (κ1) is 48.5. The third-order valence-electron chi connectivity index (χ3n) is 8.45. The van der Waals surface area contributed by atoms with Gasteiger partial charge in [-0.15, -0.1) is 0 Å². The van der Waals surface area contributed by atoms with Crippen LogP contribution in [0.25, 0.3) is 0 Å². The van der Waals surface area contributed by atoms with Crippen LogP contribution in [0.15, 0.2) is 24.3 Å². The lowest BCUT2D eigenvalue weighted by atomic mass is 10.1. The number of rotatable bonds is 36. The Balaban J connectivity index is 4.40. The molecule has 0 aromatic heterocycles. The Bertz CT molecular complexity index is 918. The molecule has 2 atom stereocenters. The van der Waals surface area contributed by atoms with Crippen molar-refractivity contribution in [2.75, 3.05) is 47.5 Å². The van der Waals surface area contributed by atoms with E-state index in [2.05, 4.69) is 38.2 Å². The molecule has 0 bridgehead atoms. The van der Waals surface area contributed by atoms with Crippen LogP contribution in [0.5, 0.6) is 0 Å². The fraction of sp³-hybridized carbons (Fsp3) is 0.850. The maximum Gasteiger partial charge on any atom is 0.472 e. The minimum atomic E-state index is -4.37. The second kappa shape index (κ2) is 33.3. The number of allylic oxidation sites excluding steroid dienone is 4. The summed E-state index contributed by atoms with van der Waals surface area (Å²) in [6, 6.07) is 0. The van der Waals surface area contributed by atoms with Gasteiger partial charge in [0.25, 0.3) is 0 Å². The number of likely N-dealkylation sites (N-methyl/N-ethyl adjacent to an activating group) is 1. The van der Waals surface area contributed by atoms with Gasteiger partial charge in [0.1, 0.15) is 19.8 Å². The van der Waals surface area contributed by atoms with E-state index in [0.29, 0.717) is 17.4 Å². The van der Waals surface area contributed by atoms with Crippen LogP contribution in [0.2, 0.25) is 0 Å². The van der Waals surface area contributed by atoms with Crippen molar-refractivity contribution in [1.29, 1.82) is 0 Å². The van der Waals surface area contributed by atoms with E-state index in [1.165, 1.54) is 70.6 Å². The molecule has 50 heavy (non-hydrogen) atoms. The summed E-state index contributed by atoms with van der Waals surface area (Å²) in [6.07, 6.45) is 33.6. The molecule has 0 saturated heterocycles. The van der Waals surface area contributed by atoms with Crippen molar-refractivity contribution in [2.24, 2.45) is 0 Å². The molecule has 0 aliphatic carbocycles. The standard InChI is InChI=1S/C40H76NO8P/c1-6-8-10-12-14-16-18-19-20-21-23-24-26-28-30-32-39(42)46-36-38(37-48-50(44,45)47-35-34-41(3,4)5)49-40(43)33-31-29-27-25-22-17-15-13-11-9-7-2/h13,15-16,18,38H,6-12,14,17,19-37H2,1-5H3/p+1/b15-13-,18-16-/t38-/m1/s1. The number of nitrogens with zero attached hydrogens (tertiary/aromatic N) is 1. The fourth-order valence-electron chi connectivity index (χ4n) is 5.22. The zero-order valence-electron chi connectivity index (χ0n) is 32.9. The smallest absolute Gasteiger partial charge is 0.462 e. The number of esters is 2. The lowest BCUT2D eigenvalue weighted by molar-refractivity contribution is -0.870. The molecule has 294 valence electrons. The van der Waals surface area contributed by atoms with Crippen LogP contribution in [0, 0.1) is 0 Å². The van der Waals surface area contributed by atoms with Crippen molar-refractivity contribution in [3.05, 3.63) is 24.3 Å². The zero-order chi connectivity index (χ0) is 37.2. The molecule has 1 unspecified atom stereocenters. The van der Waals surface area contributed by atoms with Crippen molar-refractivity contribution in [2.45, 2.75) is 174 Å². The molecule has 0 aliphatic heterocycles. The highest BCUT2D eigenvalue weighted by atomic mass is 31.2. The summed E-state index contributed by atoms with van der Waals surface area (Å²) in [7, 11) is 1.47. The molecule has 0 radical (unpaired) electrons. The molecule has 0 aromatic rings. The van der Waals surface area contributed by atoms with Crippen molar-refractivity contribution in [3.8, 4) is 0 Å². The van der Waals surface area contributed by atoms with E-state index in [-0.39, 0.29) is 32.0 Å². The molecule has 0 rings (SSSR count). The average molecular weight is 731 g/mol. The molecule has 0 aromatic carbocycles. The van der Waals surface area contributed by atoms with Crippen LogP contribution < -0.4 is 0 Å². The molecule has 10 heteroatoms. The van der Waals surface area contributed by atoms with Crippen molar-refractivity contribution < 1.29 is 42.1 Å². The molecular weight excluding hydrogens is 653 g/mol. The molecule has 1 N–H and O–H groups in total. The first-order valence-electron chi connectivity index (χ1n) is 20.1. The molecule has 0 spiro atoms. The third kappa shape index (κ3) is 36.3. The van der Waals surface area contributed by atoms with Gasteiger partial charge in [0.2, 0.25) is 0 Å². The second-order valence-electron chi connectivity index (χ2n) is 14.7. The highest BCUT2D eigenvalue weighted by Crippen LogP contribution is 2.43. The van der Waals surface area contributed by atoms with Gasteiger partial charge in [-0.1, -0.05) is 122 Å². The Kier molecular flexibility index (Phi) is 32.3. The van der Waals surface area contributed by atoms with E-state index in [9.17, 15) is 19.0 Å². The Labute approximate surface area is 307 Å². The molecule has 0 fully saturated rings. The van der Waals surface area contributed by atoms with Gasteiger partial charge in [0, 0.05) is 12.8 Å². The van der Waals surface area contributed by atoms with Crippen LogP contribution in [0.1, 0.15) is 168 Å². The molecule has 0 saturated carbocycles. The predicted molar refractivity (Wildman–Crippen MR) is 206 cm³/mol. The summed E-state index contributed by atoms with van der Waals surface area (Å²) in [6.45, 7) is 4.34. The number of quaternary nitrogens is 1. The number of phosphoric ester groups is 1. The second-order valence-corrected chi connectivity index (χ2v) is 16.1. The van der Waals surface area contributed by atoms with Crippen LogP contribution in [-0.2, 0) is 32.7 Å². The van der Waals surface area contributed by atoms with Gasteiger partial charge in [0.15, 0.2) is 6.10 Å². The van der Waals surface area contributed by atoms with E-state index in [0.717, 1.165) is 64.2 Å². The Morgan fingerprint density at radius 1 is 0.600 bits per heavy atom. The van der Waals surface area contributed by atoms with Crippen LogP contribution in [0.4, 0.5) is 0 Å². The van der Waals surface area contributed by atoms with Gasteiger partial charge in [-0.2, -0.15) is 0 Å². The molecule has 0 aliphatic rings. The summed E-state index contributed by atoms with van der Waals surface area (Å²) in [4.78, 5) is 35.2. The SMILES string of the molecule is CCCC/C=C\CCCCCCCC(=O)O[C@H](COC(=O)CCCCCCCCC/C=C\CCCCCC)COP(=O)(O)OCC[N+](C)(C)C. The first-order valence-corrected chi connectivity index (χ1v) is 21.6. The van der Waals surface area contributed by atoms with Crippen LogP contribution in [0.3, 0.4) is 0 Å². The molecule has 9 nitrogen and oxygen atoms in total. The van der Waals surface area contributed by atoms with E-state index < -0.39 is 26.5 Å². The van der Waals surface area contributed by atoms with Crippen molar-refractivity contribution in [1.82, 2.24) is 0 Å². The van der Waals surface area contributed by atoms with Gasteiger partial charge in [-0.3, -0.25) is 18.6 Å². The summed E-state index contributed by atoms with van der Waals surface area (Å²) < 4.78 is 34.2. The quantitative estimate of drug-likeness (QED) is 0.0223. The lowest BCUT2D eigenvalue weighted by Crippen LogP contribution is -2.37. The highest BCUT2D eigenvalue weighted by molar-refractivity contribution is 7.47. The number of hydrogen-bond acceptors (Lipinski definition) is 7. The fourth-order valence-corrected chi connectivity index (χ4v) is 5.96. The maximum atomic E-state index is 12.6. The number of hydrogen-bond donors (Lipinski definition) is 1. The van der Waals surface area contributed by atoms with Crippen molar-refractivity contribution in [3.63, 3.8) is 0 Å². The van der Waals surface area contributed by atoms with Gasteiger partial charge in [-0.25, -0.2) is 4.57 Å². The summed E-state index contributed by atoms with van der Waals surface area (Å²) >= 11 is 0. The van der Waals surface area contributed by atoms with Crippen LogP contribution in [-0.4, -0.2) is 74.9 Å². The summed E-state index contributed by atoms with van der Waals surface area (Å²) in [5, 5.41) is 0. The zero-order valence-corrected chi connectivity index (χ0v) is 33.8. The summed E-state index contributed by atoms with van der Waals surface area (Å²) in [5.74, 6) is -0.815. The average Bonchev–Trinajstić information content (AvgIpc) is 3.06. The maximum absolute atomic E-state index is 12.6. The minimum Gasteiger partial charge on any atom is -0.462 e. The number of carbonyl (C=O) groups is 2. The number of ether oxygens (including phenoxy) is 2. The lowest BCUT2D eigenvalue weighted by Gasteiger charge is -2.24. The third-order valence-corrected chi connectivity index (χ3v) is 9.44. The van der Waals surface area contributed by atoms with Gasteiger partial charge < -0.3 is 18.9 Å². The van der Waals surface area contributed by atoms with E-state index in [1.807, 2.05) is 21.1 Å². The van der Waals surface area contributed by atoms with Gasteiger partial charge in [-0.05, 0) is 57.8 Å². The summed E-state index contributed by atoms with van der Waals surface area (Å²) in [5.41, 5.74) is 0. The topological polar surface area (TPSA) is 108 Å². The van der Waals surface area contributed by atoms with E-state index in [4.69, 9.17) is 18.5 Å². The first-order chi connectivity index (χ1) is 24.0. The van der Waals surface area contributed by atoms with Gasteiger partial charge >= 0.3 is 19.8 Å². The number of unbranched alkanes of at least 4 members (excludes halogenated alkanes) is 18. The Hall–Kier alpha value is -1.51. The van der Waals surface area contributed by atoms with E-state index >= 15 is 0 Å².